The molecule has 4 heteroatoms. The van der Waals surface area contributed by atoms with Gasteiger partial charge in [0.2, 0.25) is 0 Å². The van der Waals surface area contributed by atoms with E-state index in [0.717, 1.165) is 6.42 Å². The van der Waals surface area contributed by atoms with Gasteiger partial charge in [-0.15, -0.1) is 0 Å². The number of rotatable bonds is 3. The Morgan fingerprint density at radius 3 is 2.17 bits per heavy atom. The van der Waals surface area contributed by atoms with Gasteiger partial charge in [0.15, 0.2) is 6.29 Å². The molecular formula is C8H16O4. The van der Waals surface area contributed by atoms with E-state index in [2.05, 4.69) is 0 Å². The van der Waals surface area contributed by atoms with Crippen LogP contribution in [0.1, 0.15) is 6.42 Å². The molecule has 3 atom stereocenters. The topological polar surface area (TPSA) is 36.9 Å². The molecule has 0 aliphatic carbocycles. The first-order chi connectivity index (χ1) is 5.81. The van der Waals surface area contributed by atoms with Crippen molar-refractivity contribution in [1.82, 2.24) is 0 Å². The first-order valence-corrected chi connectivity index (χ1v) is 4.01. The molecular weight excluding hydrogens is 160 g/mol. The average Bonchev–Trinajstić information content (AvgIpc) is 2.16. The molecule has 1 saturated heterocycles. The third-order valence-corrected chi connectivity index (χ3v) is 2.15. The highest BCUT2D eigenvalue weighted by molar-refractivity contribution is 4.76. The SMILES string of the molecule is CO[C@@H]1C[C@H](OC)[C@H](OC)CO1. The van der Waals surface area contributed by atoms with Crippen LogP contribution in [0.2, 0.25) is 0 Å². The van der Waals surface area contributed by atoms with Crippen LogP contribution in [0.3, 0.4) is 0 Å². The molecule has 1 aliphatic heterocycles. The summed E-state index contributed by atoms with van der Waals surface area (Å²) in [6.07, 6.45) is 0.683. The standard InChI is InChI=1S/C8H16O4/c1-9-6-4-8(11-3)12-5-7(6)10-2/h6-8H,4-5H2,1-3H3/t6-,7+,8-/m0/s1. The van der Waals surface area contributed by atoms with E-state index >= 15 is 0 Å². The van der Waals surface area contributed by atoms with E-state index in [-0.39, 0.29) is 18.5 Å². The minimum Gasteiger partial charge on any atom is -0.378 e. The van der Waals surface area contributed by atoms with Crippen molar-refractivity contribution in [3.63, 3.8) is 0 Å². The Hall–Kier alpha value is -0.160. The minimum absolute atomic E-state index is 0.0291. The fourth-order valence-electron chi connectivity index (χ4n) is 1.35. The predicted octanol–water partition coefficient (Wildman–Crippen LogP) is 0.409. The molecule has 0 amide bonds. The molecule has 4 nitrogen and oxygen atoms in total. The zero-order valence-electron chi connectivity index (χ0n) is 7.78. The maximum atomic E-state index is 5.34. The van der Waals surface area contributed by atoms with Crippen molar-refractivity contribution in [2.45, 2.75) is 24.9 Å². The van der Waals surface area contributed by atoms with Crippen molar-refractivity contribution in [3.05, 3.63) is 0 Å². The van der Waals surface area contributed by atoms with Crippen molar-refractivity contribution in [2.24, 2.45) is 0 Å². The summed E-state index contributed by atoms with van der Waals surface area (Å²) < 4.78 is 20.8. The summed E-state index contributed by atoms with van der Waals surface area (Å²) in [5, 5.41) is 0. The van der Waals surface area contributed by atoms with Gasteiger partial charge >= 0.3 is 0 Å². The zero-order chi connectivity index (χ0) is 8.97. The van der Waals surface area contributed by atoms with E-state index in [0.29, 0.717) is 6.61 Å². The molecule has 0 unspecified atom stereocenters. The summed E-state index contributed by atoms with van der Waals surface area (Å²) in [5.41, 5.74) is 0. The van der Waals surface area contributed by atoms with E-state index in [1.807, 2.05) is 0 Å². The molecule has 0 aromatic rings. The van der Waals surface area contributed by atoms with Gasteiger partial charge in [-0.05, 0) is 0 Å². The van der Waals surface area contributed by atoms with Crippen molar-refractivity contribution in [3.8, 4) is 0 Å². The largest absolute Gasteiger partial charge is 0.378 e. The van der Waals surface area contributed by atoms with Gasteiger partial charge in [0.05, 0.1) is 12.7 Å². The van der Waals surface area contributed by atoms with Crippen LogP contribution in [0.4, 0.5) is 0 Å². The highest BCUT2D eigenvalue weighted by Crippen LogP contribution is 2.18. The minimum atomic E-state index is -0.152. The lowest BCUT2D eigenvalue weighted by Crippen LogP contribution is -2.44. The van der Waals surface area contributed by atoms with Crippen molar-refractivity contribution >= 4 is 0 Å². The quantitative estimate of drug-likeness (QED) is 0.624. The van der Waals surface area contributed by atoms with Crippen molar-refractivity contribution in [1.29, 1.82) is 0 Å². The van der Waals surface area contributed by atoms with Crippen molar-refractivity contribution in [2.75, 3.05) is 27.9 Å². The fourth-order valence-corrected chi connectivity index (χ4v) is 1.35. The molecule has 12 heavy (non-hydrogen) atoms. The van der Waals surface area contributed by atoms with Crippen LogP contribution in [-0.2, 0) is 18.9 Å². The second kappa shape index (κ2) is 4.77. The summed E-state index contributed by atoms with van der Waals surface area (Å²) >= 11 is 0. The Morgan fingerprint density at radius 1 is 1.00 bits per heavy atom. The lowest BCUT2D eigenvalue weighted by atomic mass is 10.1. The lowest BCUT2D eigenvalue weighted by molar-refractivity contribution is -0.216. The number of hydrogen-bond donors (Lipinski definition) is 0. The average molecular weight is 176 g/mol. The number of ether oxygens (including phenoxy) is 4. The van der Waals surface area contributed by atoms with E-state index in [1.54, 1.807) is 21.3 Å². The van der Waals surface area contributed by atoms with Crippen LogP contribution < -0.4 is 0 Å². The molecule has 1 fully saturated rings. The van der Waals surface area contributed by atoms with Crippen LogP contribution in [0.25, 0.3) is 0 Å². The highest BCUT2D eigenvalue weighted by Gasteiger charge is 2.31. The predicted molar refractivity (Wildman–Crippen MR) is 43.0 cm³/mol. The molecule has 0 aromatic heterocycles. The van der Waals surface area contributed by atoms with E-state index in [4.69, 9.17) is 18.9 Å². The molecule has 0 radical (unpaired) electrons. The van der Waals surface area contributed by atoms with Crippen LogP contribution in [-0.4, -0.2) is 46.4 Å². The first kappa shape index (κ1) is 9.92. The molecule has 0 N–H and O–H groups in total. The Balaban J connectivity index is 2.41. The van der Waals surface area contributed by atoms with Gasteiger partial charge in [-0.1, -0.05) is 0 Å². The van der Waals surface area contributed by atoms with Gasteiger partial charge in [-0.2, -0.15) is 0 Å². The summed E-state index contributed by atoms with van der Waals surface area (Å²) in [6, 6.07) is 0. The maximum absolute atomic E-state index is 5.34. The molecule has 0 spiro atoms. The fraction of sp³-hybridized carbons (Fsp3) is 1.00. The molecule has 1 heterocycles. The summed E-state index contributed by atoms with van der Waals surface area (Å²) in [6.45, 7) is 0.535. The smallest absolute Gasteiger partial charge is 0.159 e. The van der Waals surface area contributed by atoms with Gasteiger partial charge in [0.1, 0.15) is 6.10 Å². The molecule has 1 aliphatic rings. The Kier molecular flexibility index (Phi) is 3.94. The summed E-state index contributed by atoms with van der Waals surface area (Å²) in [5.74, 6) is 0. The van der Waals surface area contributed by atoms with Gasteiger partial charge in [0, 0.05) is 27.8 Å². The van der Waals surface area contributed by atoms with Gasteiger partial charge in [0.25, 0.3) is 0 Å². The van der Waals surface area contributed by atoms with E-state index in [1.165, 1.54) is 0 Å². The Labute approximate surface area is 72.7 Å². The molecule has 72 valence electrons. The van der Waals surface area contributed by atoms with Gasteiger partial charge in [-0.3, -0.25) is 0 Å². The highest BCUT2D eigenvalue weighted by atomic mass is 16.7. The number of methoxy groups -OCH3 is 3. The van der Waals surface area contributed by atoms with Crippen LogP contribution in [0, 0.1) is 0 Å². The second-order valence-electron chi connectivity index (χ2n) is 2.78. The maximum Gasteiger partial charge on any atom is 0.159 e. The normalized spacial score (nSPS) is 36.8. The zero-order valence-corrected chi connectivity index (χ0v) is 7.78. The van der Waals surface area contributed by atoms with Crippen LogP contribution >= 0.6 is 0 Å². The first-order valence-electron chi connectivity index (χ1n) is 4.01. The Bertz CT molecular complexity index is 128. The third kappa shape index (κ3) is 2.17. The molecule has 0 bridgehead atoms. The van der Waals surface area contributed by atoms with Crippen LogP contribution in [0.15, 0.2) is 0 Å². The summed E-state index contributed by atoms with van der Waals surface area (Å²) in [7, 11) is 4.96. The Morgan fingerprint density at radius 2 is 1.67 bits per heavy atom. The summed E-state index contributed by atoms with van der Waals surface area (Å²) in [4.78, 5) is 0. The lowest BCUT2D eigenvalue weighted by Gasteiger charge is -2.33. The van der Waals surface area contributed by atoms with E-state index < -0.39 is 0 Å². The van der Waals surface area contributed by atoms with Gasteiger partial charge in [-0.25, -0.2) is 0 Å². The molecule has 0 aromatic carbocycles. The van der Waals surface area contributed by atoms with Gasteiger partial charge < -0.3 is 18.9 Å². The van der Waals surface area contributed by atoms with Crippen LogP contribution in [0.5, 0.6) is 0 Å². The molecule has 1 rings (SSSR count). The van der Waals surface area contributed by atoms with Crippen molar-refractivity contribution < 1.29 is 18.9 Å². The monoisotopic (exact) mass is 176 g/mol. The van der Waals surface area contributed by atoms with E-state index in [9.17, 15) is 0 Å². The third-order valence-electron chi connectivity index (χ3n) is 2.15. The molecule has 0 saturated carbocycles. The number of hydrogen-bond acceptors (Lipinski definition) is 4. The second-order valence-corrected chi connectivity index (χ2v) is 2.78.